The first kappa shape index (κ1) is 18.8. The summed E-state index contributed by atoms with van der Waals surface area (Å²) < 4.78 is 4.39. The minimum atomic E-state index is 0.0389. The van der Waals surface area contributed by atoms with E-state index >= 15 is 0 Å². The number of hydrogen-bond acceptors (Lipinski definition) is 5. The second-order valence-corrected chi connectivity index (χ2v) is 7.71. The molecule has 1 N–H and O–H groups in total. The van der Waals surface area contributed by atoms with Gasteiger partial charge in [0.25, 0.3) is 5.78 Å². The number of para-hydroxylation sites is 1. The first-order chi connectivity index (χ1) is 13.5. The van der Waals surface area contributed by atoms with Crippen molar-refractivity contribution in [3.8, 4) is 0 Å². The highest BCUT2D eigenvalue weighted by Crippen LogP contribution is 2.20. The van der Waals surface area contributed by atoms with Crippen molar-refractivity contribution in [1.82, 2.24) is 24.1 Å². The number of fused-ring (bicyclic) bond motifs is 1. The Morgan fingerprint density at radius 2 is 1.93 bits per heavy atom. The lowest BCUT2D eigenvalue weighted by atomic mass is 9.96. The fourth-order valence-corrected chi connectivity index (χ4v) is 4.04. The summed E-state index contributed by atoms with van der Waals surface area (Å²) in [6, 6.07) is 11.6. The molecule has 0 spiro atoms. The molecule has 4 rings (SSSR count). The van der Waals surface area contributed by atoms with E-state index in [-0.39, 0.29) is 11.8 Å². The van der Waals surface area contributed by atoms with E-state index in [0.29, 0.717) is 17.2 Å². The molecule has 0 atom stereocenters. The van der Waals surface area contributed by atoms with Crippen molar-refractivity contribution in [2.45, 2.75) is 33.4 Å². The molecule has 8 heteroatoms. The molecule has 1 aliphatic rings. The Balaban J connectivity index is 1.39. The fraction of sp³-hybridized carbons (Fsp3) is 0.400. The maximum atomic E-state index is 12.5. The number of likely N-dealkylation sites (tertiary alicyclic amines) is 1. The highest BCUT2D eigenvalue weighted by molar-refractivity contribution is 7.71. The zero-order valence-electron chi connectivity index (χ0n) is 16.1. The van der Waals surface area contributed by atoms with Crippen molar-refractivity contribution in [1.29, 1.82) is 0 Å². The van der Waals surface area contributed by atoms with Crippen molar-refractivity contribution in [2.75, 3.05) is 18.4 Å². The van der Waals surface area contributed by atoms with Gasteiger partial charge in [0.15, 0.2) is 0 Å². The van der Waals surface area contributed by atoms with Gasteiger partial charge < -0.3 is 5.32 Å². The van der Waals surface area contributed by atoms with Crippen LogP contribution < -0.4 is 5.32 Å². The maximum absolute atomic E-state index is 12.5. The SMILES string of the molecule is Cc1cc(C)n2c(=S)n(CN3CCC(C(=O)Nc4ccccc4)CC3)nc2n1. The smallest absolute Gasteiger partial charge is 0.254 e. The number of hydrogen-bond donors (Lipinski definition) is 1. The Kier molecular flexibility index (Phi) is 5.23. The monoisotopic (exact) mass is 396 g/mol. The van der Waals surface area contributed by atoms with Crippen LogP contribution in [0.1, 0.15) is 24.2 Å². The van der Waals surface area contributed by atoms with Crippen molar-refractivity contribution in [3.63, 3.8) is 0 Å². The summed E-state index contributed by atoms with van der Waals surface area (Å²) in [5.41, 5.74) is 2.82. The molecule has 0 saturated carbocycles. The molecular weight excluding hydrogens is 372 g/mol. The predicted molar refractivity (Wildman–Crippen MR) is 111 cm³/mol. The standard InChI is InChI=1S/C20H24N6OS/c1-14-12-15(2)26-19(21-14)23-25(20(26)28)13-24-10-8-16(9-11-24)18(27)22-17-6-4-3-5-7-17/h3-7,12,16H,8-11,13H2,1-2H3,(H,22,27). The van der Waals surface area contributed by atoms with Gasteiger partial charge in [0.2, 0.25) is 10.7 Å². The van der Waals surface area contributed by atoms with Gasteiger partial charge in [-0.1, -0.05) is 18.2 Å². The van der Waals surface area contributed by atoms with Crippen molar-refractivity contribution in [3.05, 3.63) is 52.6 Å². The third-order valence-corrected chi connectivity index (χ3v) is 5.60. The van der Waals surface area contributed by atoms with E-state index in [1.165, 1.54) is 0 Å². The maximum Gasteiger partial charge on any atom is 0.254 e. The molecule has 0 bridgehead atoms. The Hall–Kier alpha value is -2.58. The molecule has 1 fully saturated rings. The van der Waals surface area contributed by atoms with Gasteiger partial charge >= 0.3 is 0 Å². The zero-order valence-corrected chi connectivity index (χ0v) is 16.9. The van der Waals surface area contributed by atoms with Crippen LogP contribution in [0, 0.1) is 24.5 Å². The lowest BCUT2D eigenvalue weighted by Gasteiger charge is -2.30. The molecular formula is C20H24N6OS. The van der Waals surface area contributed by atoms with Crippen molar-refractivity contribution in [2.24, 2.45) is 5.92 Å². The molecule has 146 valence electrons. The number of anilines is 1. The minimum Gasteiger partial charge on any atom is -0.326 e. The highest BCUT2D eigenvalue weighted by atomic mass is 32.1. The van der Waals surface area contributed by atoms with E-state index in [1.54, 1.807) is 0 Å². The molecule has 1 aromatic carbocycles. The van der Waals surface area contributed by atoms with Crippen molar-refractivity contribution >= 4 is 29.6 Å². The van der Waals surface area contributed by atoms with Gasteiger partial charge in [-0.15, -0.1) is 5.10 Å². The van der Waals surface area contributed by atoms with E-state index in [1.807, 2.05) is 59.3 Å². The summed E-state index contributed by atoms with van der Waals surface area (Å²) in [7, 11) is 0. The van der Waals surface area contributed by atoms with Crippen LogP contribution in [0.15, 0.2) is 36.4 Å². The second-order valence-electron chi connectivity index (χ2n) is 7.35. The third kappa shape index (κ3) is 3.83. The lowest BCUT2D eigenvalue weighted by molar-refractivity contribution is -0.121. The van der Waals surface area contributed by atoms with Gasteiger partial charge in [0.05, 0.1) is 6.67 Å². The topological polar surface area (TPSA) is 67.5 Å². The van der Waals surface area contributed by atoms with Gasteiger partial charge in [0, 0.05) is 36.1 Å². The summed E-state index contributed by atoms with van der Waals surface area (Å²) >= 11 is 5.60. The first-order valence-corrected chi connectivity index (χ1v) is 9.94. The molecule has 3 heterocycles. The number of aromatic nitrogens is 4. The highest BCUT2D eigenvalue weighted by Gasteiger charge is 2.25. The number of carbonyl (C=O) groups excluding carboxylic acids is 1. The van der Waals surface area contributed by atoms with E-state index in [4.69, 9.17) is 12.2 Å². The summed E-state index contributed by atoms with van der Waals surface area (Å²) in [6.45, 7) is 6.27. The number of nitrogens with zero attached hydrogens (tertiary/aromatic N) is 5. The second kappa shape index (κ2) is 7.81. The molecule has 3 aromatic rings. The van der Waals surface area contributed by atoms with Crippen LogP contribution in [0.4, 0.5) is 5.69 Å². The zero-order chi connectivity index (χ0) is 19.7. The molecule has 0 unspecified atom stereocenters. The summed E-state index contributed by atoms with van der Waals surface area (Å²) in [5.74, 6) is 0.780. The number of piperidine rings is 1. The number of rotatable bonds is 4. The van der Waals surface area contributed by atoms with Crippen LogP contribution in [0.5, 0.6) is 0 Å². The Labute approximate surface area is 169 Å². The van der Waals surface area contributed by atoms with Crippen LogP contribution in [0.2, 0.25) is 0 Å². The van der Waals surface area contributed by atoms with Gasteiger partial charge in [-0.25, -0.2) is 9.67 Å². The first-order valence-electron chi connectivity index (χ1n) is 9.53. The lowest BCUT2D eigenvalue weighted by Crippen LogP contribution is -2.39. The van der Waals surface area contributed by atoms with Gasteiger partial charge in [-0.3, -0.25) is 14.1 Å². The van der Waals surface area contributed by atoms with E-state index < -0.39 is 0 Å². The third-order valence-electron chi connectivity index (χ3n) is 5.20. The number of nitrogens with one attached hydrogen (secondary N) is 1. The van der Waals surface area contributed by atoms with E-state index in [2.05, 4.69) is 20.3 Å². The quantitative estimate of drug-likeness (QED) is 0.686. The summed E-state index contributed by atoms with van der Waals surface area (Å²) in [6.07, 6.45) is 1.66. The fourth-order valence-electron chi connectivity index (χ4n) is 3.72. The van der Waals surface area contributed by atoms with Crippen LogP contribution in [-0.4, -0.2) is 43.1 Å². The van der Waals surface area contributed by atoms with Crippen LogP contribution in [-0.2, 0) is 11.5 Å². The number of benzene rings is 1. The average Bonchev–Trinajstić information content (AvgIpc) is 2.98. The van der Waals surface area contributed by atoms with Crippen LogP contribution in [0.25, 0.3) is 5.78 Å². The Morgan fingerprint density at radius 3 is 2.64 bits per heavy atom. The Bertz CT molecular complexity index is 1050. The number of carbonyl (C=O) groups is 1. The molecule has 28 heavy (non-hydrogen) atoms. The number of amides is 1. The predicted octanol–water partition coefficient (Wildman–Crippen LogP) is 3.19. The van der Waals surface area contributed by atoms with Crippen LogP contribution in [0.3, 0.4) is 0 Å². The number of aryl methyl sites for hydroxylation is 2. The molecule has 1 aliphatic heterocycles. The molecule has 1 saturated heterocycles. The average molecular weight is 397 g/mol. The largest absolute Gasteiger partial charge is 0.326 e. The van der Waals surface area contributed by atoms with Gasteiger partial charge in [0.1, 0.15) is 0 Å². The normalized spacial score (nSPS) is 15.8. The van der Waals surface area contributed by atoms with Gasteiger partial charge in [-0.2, -0.15) is 0 Å². The van der Waals surface area contributed by atoms with Crippen LogP contribution >= 0.6 is 12.2 Å². The van der Waals surface area contributed by atoms with E-state index in [9.17, 15) is 4.79 Å². The minimum absolute atomic E-state index is 0.0389. The van der Waals surface area contributed by atoms with E-state index in [0.717, 1.165) is 43.0 Å². The molecule has 1 amide bonds. The molecule has 2 aromatic heterocycles. The summed E-state index contributed by atoms with van der Waals surface area (Å²) in [4.78, 5) is 19.3. The Morgan fingerprint density at radius 1 is 1.21 bits per heavy atom. The van der Waals surface area contributed by atoms with Gasteiger partial charge in [-0.05, 0) is 57.1 Å². The molecule has 0 aliphatic carbocycles. The summed E-state index contributed by atoms with van der Waals surface area (Å²) in [5, 5.41) is 7.59. The van der Waals surface area contributed by atoms with Crippen molar-refractivity contribution < 1.29 is 4.79 Å². The molecule has 0 radical (unpaired) electrons. The molecule has 7 nitrogen and oxygen atoms in total.